The molecule has 0 aromatic heterocycles. The van der Waals surface area contributed by atoms with Crippen LogP contribution in [0.1, 0.15) is 36.5 Å². The van der Waals surface area contributed by atoms with E-state index in [1.54, 1.807) is 0 Å². The normalized spacial score (nSPS) is 27.7. The second-order valence-electron chi connectivity index (χ2n) is 8.08. The Morgan fingerprint density at radius 2 is 1.48 bits per heavy atom. The number of fused-ring (bicyclic) bond motifs is 1. The summed E-state index contributed by atoms with van der Waals surface area (Å²) in [5.74, 6) is -3.46. The maximum atomic E-state index is 15.0. The van der Waals surface area contributed by atoms with Crippen molar-refractivity contribution in [1.29, 1.82) is 0 Å². The van der Waals surface area contributed by atoms with Crippen LogP contribution in [0.3, 0.4) is 0 Å². The van der Waals surface area contributed by atoms with Gasteiger partial charge in [-0.1, -0.05) is 36.4 Å². The van der Waals surface area contributed by atoms with Crippen molar-refractivity contribution in [3.05, 3.63) is 77.4 Å². The summed E-state index contributed by atoms with van der Waals surface area (Å²) in [5, 5.41) is 0. The fourth-order valence-corrected chi connectivity index (χ4v) is 5.07. The van der Waals surface area contributed by atoms with Crippen LogP contribution in [0.2, 0.25) is 0 Å². The molecule has 4 unspecified atom stereocenters. The average Bonchev–Trinajstić information content (AvgIpc) is 3.34. The van der Waals surface area contributed by atoms with E-state index in [9.17, 15) is 13.2 Å². The number of rotatable bonds is 4. The maximum absolute atomic E-state index is 15.0. The zero-order chi connectivity index (χ0) is 20.3. The molecule has 1 aliphatic heterocycles. The van der Waals surface area contributed by atoms with Crippen LogP contribution >= 0.6 is 0 Å². The number of hydrogen-bond donors (Lipinski definition) is 0. The predicted molar refractivity (Wildman–Crippen MR) is 103 cm³/mol. The third-order valence-electron chi connectivity index (χ3n) is 6.67. The van der Waals surface area contributed by atoms with Crippen LogP contribution in [-0.2, 0) is 4.74 Å². The van der Waals surface area contributed by atoms with E-state index in [4.69, 9.17) is 4.74 Å². The smallest absolute Gasteiger partial charge is 0.167 e. The summed E-state index contributed by atoms with van der Waals surface area (Å²) in [5.41, 5.74) is 0.559. The van der Waals surface area contributed by atoms with Gasteiger partial charge in [0, 0.05) is 22.3 Å². The van der Waals surface area contributed by atoms with Crippen molar-refractivity contribution in [3.63, 3.8) is 0 Å². The van der Waals surface area contributed by atoms with Crippen molar-refractivity contribution in [3.8, 4) is 11.1 Å². The molecule has 2 aromatic carbocycles. The first-order valence-electron chi connectivity index (χ1n) is 9.92. The van der Waals surface area contributed by atoms with Crippen LogP contribution in [0, 0.1) is 41.0 Å². The van der Waals surface area contributed by atoms with Gasteiger partial charge >= 0.3 is 0 Å². The summed E-state index contributed by atoms with van der Waals surface area (Å²) in [7, 11) is 0. The molecule has 150 valence electrons. The molecular formula is C24H20F4O. The van der Waals surface area contributed by atoms with E-state index >= 15 is 4.39 Å². The summed E-state index contributed by atoms with van der Waals surface area (Å²) >= 11 is 0. The highest BCUT2D eigenvalue weighted by Gasteiger charge is 2.40. The molecule has 4 atom stereocenters. The number of allylic oxidation sites excluding steroid dienone is 3. The van der Waals surface area contributed by atoms with Crippen molar-refractivity contribution < 1.29 is 22.3 Å². The van der Waals surface area contributed by atoms with Gasteiger partial charge in [-0.2, -0.15) is 0 Å². The lowest BCUT2D eigenvalue weighted by molar-refractivity contribution is 0.401. The first kappa shape index (κ1) is 18.6. The summed E-state index contributed by atoms with van der Waals surface area (Å²) in [6.45, 7) is 4.21. The maximum Gasteiger partial charge on any atom is 0.167 e. The molecule has 1 nitrogen and oxygen atoms in total. The van der Waals surface area contributed by atoms with Gasteiger partial charge in [0.15, 0.2) is 23.3 Å². The fourth-order valence-electron chi connectivity index (χ4n) is 5.07. The molecule has 1 saturated heterocycles. The Balaban J connectivity index is 1.52. The van der Waals surface area contributed by atoms with Gasteiger partial charge in [0.25, 0.3) is 0 Å². The zero-order valence-electron chi connectivity index (χ0n) is 15.7. The summed E-state index contributed by atoms with van der Waals surface area (Å²) in [6.07, 6.45) is 6.21. The first-order chi connectivity index (χ1) is 14.0. The van der Waals surface area contributed by atoms with Gasteiger partial charge in [-0.05, 0) is 42.6 Å². The van der Waals surface area contributed by atoms with Gasteiger partial charge < -0.3 is 4.74 Å². The van der Waals surface area contributed by atoms with Gasteiger partial charge in [0.1, 0.15) is 6.10 Å². The van der Waals surface area contributed by atoms with Crippen LogP contribution in [0.15, 0.2) is 43.0 Å². The van der Waals surface area contributed by atoms with Crippen molar-refractivity contribution in [2.45, 2.75) is 25.4 Å². The Labute approximate surface area is 166 Å². The summed E-state index contributed by atoms with van der Waals surface area (Å²) in [6, 6.07) is 5.48. The monoisotopic (exact) mass is 400 g/mol. The third-order valence-corrected chi connectivity index (χ3v) is 6.67. The van der Waals surface area contributed by atoms with Crippen LogP contribution in [0.25, 0.3) is 16.7 Å². The number of hydrogen-bond acceptors (Lipinski definition) is 1. The minimum atomic E-state index is -1.19. The van der Waals surface area contributed by atoms with Crippen LogP contribution in [0.4, 0.5) is 17.6 Å². The molecule has 1 saturated carbocycles. The van der Waals surface area contributed by atoms with Crippen molar-refractivity contribution in [1.82, 2.24) is 0 Å². The number of epoxide rings is 1. The molecule has 0 N–H and O–H groups in total. The fraction of sp³-hybridized carbons (Fsp3) is 0.333. The number of halogens is 4. The van der Waals surface area contributed by atoms with Gasteiger partial charge in [-0.25, -0.2) is 17.6 Å². The predicted octanol–water partition coefficient (Wildman–Crippen LogP) is 6.60. The van der Waals surface area contributed by atoms with Crippen LogP contribution in [0.5, 0.6) is 0 Å². The molecule has 2 aromatic rings. The standard InChI is InChI=1S/C24H20F4O/c1-2-12-3-4-14-13(12)5-6-15(14)16-7-8-17(22(26)21(16)25)18-9-10-19(20-11-29-20)24(28)23(18)27/h2,6-10,12-14,20H,1,3-5,11H2. The van der Waals surface area contributed by atoms with E-state index in [-0.39, 0.29) is 28.2 Å². The van der Waals surface area contributed by atoms with E-state index in [2.05, 4.69) is 6.58 Å². The highest BCUT2D eigenvalue weighted by Crippen LogP contribution is 2.52. The molecule has 0 radical (unpaired) electrons. The number of benzene rings is 2. The van der Waals surface area contributed by atoms with Gasteiger partial charge in [0.2, 0.25) is 0 Å². The molecule has 29 heavy (non-hydrogen) atoms. The van der Waals surface area contributed by atoms with Gasteiger partial charge in [-0.15, -0.1) is 6.58 Å². The molecule has 5 rings (SSSR count). The Morgan fingerprint density at radius 3 is 2.17 bits per heavy atom. The van der Waals surface area contributed by atoms with E-state index < -0.39 is 29.4 Å². The van der Waals surface area contributed by atoms with E-state index in [1.165, 1.54) is 24.3 Å². The highest BCUT2D eigenvalue weighted by atomic mass is 19.2. The lowest BCUT2D eigenvalue weighted by Crippen LogP contribution is -2.10. The molecule has 0 spiro atoms. The molecule has 0 amide bonds. The molecular weight excluding hydrogens is 380 g/mol. The molecule has 0 bridgehead atoms. The third kappa shape index (κ3) is 2.86. The molecule has 2 aliphatic carbocycles. The molecule has 3 aliphatic rings. The van der Waals surface area contributed by atoms with E-state index in [0.29, 0.717) is 18.4 Å². The summed E-state index contributed by atoms with van der Waals surface area (Å²) < 4.78 is 63.8. The zero-order valence-corrected chi connectivity index (χ0v) is 15.7. The Kier molecular flexibility index (Phi) is 4.39. The Bertz CT molecular complexity index is 1040. The van der Waals surface area contributed by atoms with Crippen LogP contribution in [-0.4, -0.2) is 6.61 Å². The minimum Gasteiger partial charge on any atom is -0.368 e. The highest BCUT2D eigenvalue weighted by molar-refractivity contribution is 5.74. The van der Waals surface area contributed by atoms with E-state index in [1.807, 2.05) is 12.2 Å². The lowest BCUT2D eigenvalue weighted by atomic mass is 9.86. The minimum absolute atomic E-state index is 0.101. The van der Waals surface area contributed by atoms with Crippen LogP contribution < -0.4 is 0 Å². The van der Waals surface area contributed by atoms with E-state index in [0.717, 1.165) is 24.8 Å². The second-order valence-corrected chi connectivity index (χ2v) is 8.08. The SMILES string of the molecule is C=CC1CCC2C(c3ccc(-c4ccc(C5CO5)c(F)c4F)c(F)c3F)=CCC12. The Hall–Kier alpha value is -2.40. The van der Waals surface area contributed by atoms with Crippen molar-refractivity contribution in [2.75, 3.05) is 6.61 Å². The molecule has 1 heterocycles. The largest absolute Gasteiger partial charge is 0.368 e. The topological polar surface area (TPSA) is 12.5 Å². The quantitative estimate of drug-likeness (QED) is 0.320. The van der Waals surface area contributed by atoms with Crippen molar-refractivity contribution >= 4 is 5.57 Å². The van der Waals surface area contributed by atoms with Gasteiger partial charge in [0.05, 0.1) is 6.61 Å². The summed E-state index contributed by atoms with van der Waals surface area (Å²) in [4.78, 5) is 0. The van der Waals surface area contributed by atoms with Gasteiger partial charge in [-0.3, -0.25) is 0 Å². The second kappa shape index (κ2) is 6.84. The number of ether oxygens (including phenoxy) is 1. The first-order valence-corrected chi connectivity index (χ1v) is 9.92. The molecule has 2 fully saturated rings. The molecule has 5 heteroatoms. The average molecular weight is 400 g/mol. The van der Waals surface area contributed by atoms with Crippen molar-refractivity contribution in [2.24, 2.45) is 17.8 Å². The lowest BCUT2D eigenvalue weighted by Gasteiger charge is -2.18. The Morgan fingerprint density at radius 1 is 0.862 bits per heavy atom.